The van der Waals surface area contributed by atoms with Crippen molar-refractivity contribution in [3.05, 3.63) is 64.4 Å². The molecule has 0 aliphatic carbocycles. The molecule has 0 aliphatic rings. The molecule has 0 spiro atoms. The van der Waals surface area contributed by atoms with Crippen molar-refractivity contribution in [1.82, 2.24) is 5.43 Å². The van der Waals surface area contributed by atoms with E-state index in [-0.39, 0.29) is 11.9 Å². The lowest BCUT2D eigenvalue weighted by Gasteiger charge is -2.19. The largest absolute Gasteiger partial charge is 0.271 e. The van der Waals surface area contributed by atoms with Gasteiger partial charge in [-0.15, -0.1) is 11.8 Å². The van der Waals surface area contributed by atoms with Crippen LogP contribution in [-0.2, 0) is 6.42 Å². The Hall–Kier alpha value is -1.07. The number of rotatable bonds is 5. The zero-order valence-corrected chi connectivity index (χ0v) is 12.6. The summed E-state index contributed by atoms with van der Waals surface area (Å²) in [6, 6.07) is 12.5. The summed E-state index contributed by atoms with van der Waals surface area (Å²) in [5.41, 5.74) is 4.43. The summed E-state index contributed by atoms with van der Waals surface area (Å²) < 4.78 is 13.9. The van der Waals surface area contributed by atoms with Gasteiger partial charge in [-0.2, -0.15) is 0 Å². The van der Waals surface area contributed by atoms with E-state index < -0.39 is 0 Å². The molecule has 0 fully saturated rings. The van der Waals surface area contributed by atoms with E-state index in [1.807, 2.05) is 30.5 Å². The number of hydrazine groups is 1. The molecule has 2 nitrogen and oxygen atoms in total. The van der Waals surface area contributed by atoms with Crippen LogP contribution < -0.4 is 11.3 Å². The van der Waals surface area contributed by atoms with E-state index in [9.17, 15) is 4.39 Å². The average molecular weight is 311 g/mol. The molecule has 106 valence electrons. The van der Waals surface area contributed by atoms with Gasteiger partial charge in [0.15, 0.2) is 0 Å². The molecule has 0 radical (unpaired) electrons. The number of nitrogens with two attached hydrogens (primary N) is 1. The predicted molar refractivity (Wildman–Crippen MR) is 83.4 cm³/mol. The molecule has 2 aromatic carbocycles. The maximum atomic E-state index is 13.9. The van der Waals surface area contributed by atoms with Gasteiger partial charge in [-0.05, 0) is 42.0 Å². The van der Waals surface area contributed by atoms with Gasteiger partial charge in [-0.3, -0.25) is 11.3 Å². The fraction of sp³-hybridized carbons (Fsp3) is 0.200. The number of hydrogen-bond donors (Lipinski definition) is 2. The number of benzene rings is 2. The highest BCUT2D eigenvalue weighted by atomic mass is 35.5. The van der Waals surface area contributed by atoms with E-state index in [4.69, 9.17) is 17.4 Å². The van der Waals surface area contributed by atoms with Crippen LogP contribution in [0, 0.1) is 5.82 Å². The van der Waals surface area contributed by atoms with Crippen LogP contribution in [0.3, 0.4) is 0 Å². The summed E-state index contributed by atoms with van der Waals surface area (Å²) in [6.07, 6.45) is 2.48. The summed E-state index contributed by atoms with van der Waals surface area (Å²) in [4.78, 5) is 1.13. The molecule has 20 heavy (non-hydrogen) atoms. The number of nitrogens with one attached hydrogen (secondary N) is 1. The Morgan fingerprint density at radius 1 is 1.30 bits per heavy atom. The average Bonchev–Trinajstić information content (AvgIpc) is 2.46. The number of hydrogen-bond acceptors (Lipinski definition) is 3. The topological polar surface area (TPSA) is 38.0 Å². The summed E-state index contributed by atoms with van der Waals surface area (Å²) in [5, 5.41) is 0.396. The maximum absolute atomic E-state index is 13.9. The van der Waals surface area contributed by atoms with E-state index in [1.54, 1.807) is 23.9 Å². The fourth-order valence-electron chi connectivity index (χ4n) is 2.12. The van der Waals surface area contributed by atoms with Gasteiger partial charge in [0.2, 0.25) is 0 Å². The van der Waals surface area contributed by atoms with Crippen molar-refractivity contribution >= 4 is 23.4 Å². The monoisotopic (exact) mass is 310 g/mol. The highest BCUT2D eigenvalue weighted by molar-refractivity contribution is 7.98. The third-order valence-corrected chi connectivity index (χ3v) is 4.20. The van der Waals surface area contributed by atoms with E-state index in [1.165, 1.54) is 6.07 Å². The Kier molecular flexibility index (Phi) is 5.43. The van der Waals surface area contributed by atoms with Crippen LogP contribution in [0.4, 0.5) is 4.39 Å². The first kappa shape index (κ1) is 15.3. The van der Waals surface area contributed by atoms with Gasteiger partial charge in [0.1, 0.15) is 5.82 Å². The van der Waals surface area contributed by atoms with Crippen LogP contribution in [-0.4, -0.2) is 6.26 Å². The Morgan fingerprint density at radius 3 is 2.70 bits per heavy atom. The molecular weight excluding hydrogens is 295 g/mol. The van der Waals surface area contributed by atoms with Crippen molar-refractivity contribution < 1.29 is 4.39 Å². The van der Waals surface area contributed by atoms with Gasteiger partial charge < -0.3 is 0 Å². The van der Waals surface area contributed by atoms with Crippen LogP contribution >= 0.6 is 23.4 Å². The Labute approximate surface area is 127 Å². The molecule has 0 heterocycles. The first-order valence-electron chi connectivity index (χ1n) is 6.18. The van der Waals surface area contributed by atoms with Crippen LogP contribution in [0.2, 0.25) is 5.02 Å². The van der Waals surface area contributed by atoms with Crippen molar-refractivity contribution in [2.75, 3.05) is 6.26 Å². The third kappa shape index (κ3) is 3.52. The zero-order chi connectivity index (χ0) is 14.5. The van der Waals surface area contributed by atoms with Crippen LogP contribution in [0.15, 0.2) is 47.4 Å². The van der Waals surface area contributed by atoms with Gasteiger partial charge in [-0.25, -0.2) is 4.39 Å². The molecule has 2 aromatic rings. The van der Waals surface area contributed by atoms with E-state index in [0.29, 0.717) is 17.0 Å². The van der Waals surface area contributed by atoms with Gasteiger partial charge in [0, 0.05) is 9.92 Å². The van der Waals surface area contributed by atoms with Gasteiger partial charge in [-0.1, -0.05) is 35.9 Å². The summed E-state index contributed by atoms with van der Waals surface area (Å²) >= 11 is 7.41. The SMILES string of the molecule is CSc1ccccc1C(Cc1ccc(Cl)cc1F)NN. The van der Waals surface area contributed by atoms with Gasteiger partial charge in [0.05, 0.1) is 6.04 Å². The molecule has 3 N–H and O–H groups in total. The second-order valence-electron chi connectivity index (χ2n) is 4.40. The Balaban J connectivity index is 2.29. The quantitative estimate of drug-likeness (QED) is 0.499. The smallest absolute Gasteiger partial charge is 0.127 e. The van der Waals surface area contributed by atoms with Crippen LogP contribution in [0.1, 0.15) is 17.2 Å². The maximum Gasteiger partial charge on any atom is 0.127 e. The normalized spacial score (nSPS) is 12.4. The molecule has 1 atom stereocenters. The molecule has 0 saturated heterocycles. The third-order valence-electron chi connectivity index (χ3n) is 3.15. The molecule has 0 saturated carbocycles. The molecule has 0 amide bonds. The van der Waals surface area contributed by atoms with Crippen molar-refractivity contribution in [2.45, 2.75) is 17.4 Å². The molecule has 5 heteroatoms. The number of halogens is 2. The fourth-order valence-corrected chi connectivity index (χ4v) is 2.94. The highest BCUT2D eigenvalue weighted by Crippen LogP contribution is 2.28. The Bertz CT molecular complexity index is 592. The summed E-state index contributed by atoms with van der Waals surface area (Å²) in [6.45, 7) is 0. The standard InChI is InChI=1S/C15H16ClFN2S/c1-20-15-5-3-2-4-12(15)14(19-18)8-10-6-7-11(16)9-13(10)17/h2-7,9,14,19H,8,18H2,1H3. The van der Waals surface area contributed by atoms with E-state index >= 15 is 0 Å². The first-order chi connectivity index (χ1) is 9.65. The lowest BCUT2D eigenvalue weighted by molar-refractivity contribution is 0.523. The lowest BCUT2D eigenvalue weighted by atomic mass is 9.99. The molecule has 0 aromatic heterocycles. The van der Waals surface area contributed by atoms with Crippen LogP contribution in [0.5, 0.6) is 0 Å². The minimum absolute atomic E-state index is 0.144. The van der Waals surface area contributed by atoms with Crippen molar-refractivity contribution in [2.24, 2.45) is 5.84 Å². The van der Waals surface area contributed by atoms with Crippen molar-refractivity contribution in [1.29, 1.82) is 0 Å². The minimum atomic E-state index is -0.306. The highest BCUT2D eigenvalue weighted by Gasteiger charge is 2.16. The van der Waals surface area contributed by atoms with Crippen LogP contribution in [0.25, 0.3) is 0 Å². The van der Waals surface area contributed by atoms with E-state index in [0.717, 1.165) is 10.5 Å². The second kappa shape index (κ2) is 7.09. The molecule has 0 bridgehead atoms. The number of thioether (sulfide) groups is 1. The van der Waals surface area contributed by atoms with Crippen molar-refractivity contribution in [3.8, 4) is 0 Å². The van der Waals surface area contributed by atoms with Crippen molar-refractivity contribution in [3.63, 3.8) is 0 Å². The molecular formula is C15H16ClFN2S. The predicted octanol–water partition coefficient (Wildman–Crippen LogP) is 3.95. The molecule has 0 aliphatic heterocycles. The van der Waals surface area contributed by atoms with Gasteiger partial charge >= 0.3 is 0 Å². The zero-order valence-electron chi connectivity index (χ0n) is 11.1. The van der Waals surface area contributed by atoms with E-state index in [2.05, 4.69) is 5.43 Å². The summed E-state index contributed by atoms with van der Waals surface area (Å²) in [7, 11) is 0. The summed E-state index contributed by atoms with van der Waals surface area (Å²) in [5.74, 6) is 5.34. The second-order valence-corrected chi connectivity index (χ2v) is 5.69. The van der Waals surface area contributed by atoms with Gasteiger partial charge in [0.25, 0.3) is 0 Å². The minimum Gasteiger partial charge on any atom is -0.271 e. The lowest BCUT2D eigenvalue weighted by Crippen LogP contribution is -2.30. The molecule has 2 rings (SSSR count). The molecule has 1 unspecified atom stereocenters. The first-order valence-corrected chi connectivity index (χ1v) is 7.79. The Morgan fingerprint density at radius 2 is 2.05 bits per heavy atom.